The molecule has 1 N–H and O–H groups in total. The second kappa shape index (κ2) is 5.18. The Morgan fingerprint density at radius 3 is 2.76 bits per heavy atom. The van der Waals surface area contributed by atoms with Gasteiger partial charge in [-0.05, 0) is 36.8 Å². The minimum Gasteiger partial charge on any atom is -0.508 e. The quantitative estimate of drug-likeness (QED) is 0.770. The lowest BCUT2D eigenvalue weighted by Crippen LogP contribution is -1.86. The van der Waals surface area contributed by atoms with Crippen molar-refractivity contribution in [2.45, 2.75) is 6.92 Å². The van der Waals surface area contributed by atoms with Crippen molar-refractivity contribution in [3.05, 3.63) is 52.8 Å². The van der Waals surface area contributed by atoms with E-state index in [1.54, 1.807) is 19.1 Å². The Balaban J connectivity index is 2.03. The van der Waals surface area contributed by atoms with Crippen molar-refractivity contribution < 1.29 is 14.0 Å². The van der Waals surface area contributed by atoms with E-state index < -0.39 is 0 Å². The fourth-order valence-corrected chi connectivity index (χ4v) is 2.06. The zero-order valence-corrected chi connectivity index (χ0v) is 11.7. The molecule has 0 aliphatic rings. The highest BCUT2D eigenvalue weighted by atomic mass is 35.5. The molecule has 0 atom stereocenters. The molecule has 1 heterocycles. The Hall–Kier alpha value is -2.40. The largest absolute Gasteiger partial charge is 0.508 e. The van der Waals surface area contributed by atoms with Crippen LogP contribution in [0.4, 0.5) is 4.39 Å². The van der Waals surface area contributed by atoms with Gasteiger partial charge in [0.05, 0.1) is 10.6 Å². The topological polar surface area (TPSA) is 59.2 Å². The fraction of sp³-hybridized carbons (Fsp3) is 0.0667. The molecule has 1 aromatic heterocycles. The first-order chi connectivity index (χ1) is 10.0. The maximum atomic E-state index is 13.6. The lowest BCUT2D eigenvalue weighted by atomic mass is 10.1. The summed E-state index contributed by atoms with van der Waals surface area (Å²) in [4.78, 5) is 4.18. The van der Waals surface area contributed by atoms with Crippen molar-refractivity contribution in [2.24, 2.45) is 0 Å². The maximum Gasteiger partial charge on any atom is 0.259 e. The van der Waals surface area contributed by atoms with E-state index in [1.807, 2.05) is 0 Å². The summed E-state index contributed by atoms with van der Waals surface area (Å²) < 4.78 is 18.7. The van der Waals surface area contributed by atoms with Crippen LogP contribution in [0.1, 0.15) is 5.56 Å². The SMILES string of the molecule is Cc1ccc(-c2noc(-c3cc(O)ccc3Cl)n2)cc1F. The summed E-state index contributed by atoms with van der Waals surface area (Å²) in [6, 6.07) is 9.10. The third-order valence-electron chi connectivity index (χ3n) is 3.04. The van der Waals surface area contributed by atoms with Crippen molar-refractivity contribution in [1.29, 1.82) is 0 Å². The molecule has 0 saturated heterocycles. The average molecular weight is 305 g/mol. The van der Waals surface area contributed by atoms with E-state index in [0.717, 1.165) is 0 Å². The smallest absolute Gasteiger partial charge is 0.259 e. The molecule has 0 aliphatic carbocycles. The van der Waals surface area contributed by atoms with Gasteiger partial charge in [-0.2, -0.15) is 4.98 Å². The molecule has 0 spiro atoms. The van der Waals surface area contributed by atoms with Gasteiger partial charge in [-0.3, -0.25) is 0 Å². The van der Waals surface area contributed by atoms with E-state index in [-0.39, 0.29) is 23.3 Å². The van der Waals surface area contributed by atoms with E-state index >= 15 is 0 Å². The van der Waals surface area contributed by atoms with Gasteiger partial charge in [0, 0.05) is 5.56 Å². The number of phenols is 1. The van der Waals surface area contributed by atoms with Gasteiger partial charge >= 0.3 is 0 Å². The highest BCUT2D eigenvalue weighted by molar-refractivity contribution is 6.33. The van der Waals surface area contributed by atoms with Gasteiger partial charge in [-0.25, -0.2) is 4.39 Å². The highest BCUT2D eigenvalue weighted by Gasteiger charge is 2.15. The number of hydrogen-bond donors (Lipinski definition) is 1. The molecule has 2 aromatic carbocycles. The van der Waals surface area contributed by atoms with E-state index in [0.29, 0.717) is 21.7 Å². The van der Waals surface area contributed by atoms with Crippen LogP contribution in [0.5, 0.6) is 5.75 Å². The zero-order valence-electron chi connectivity index (χ0n) is 11.0. The van der Waals surface area contributed by atoms with E-state index in [1.165, 1.54) is 24.3 Å². The van der Waals surface area contributed by atoms with Crippen molar-refractivity contribution in [3.63, 3.8) is 0 Å². The Morgan fingerprint density at radius 1 is 1.19 bits per heavy atom. The zero-order chi connectivity index (χ0) is 15.0. The standard InChI is InChI=1S/C15H10ClFN2O2/c1-8-2-3-9(6-13(8)17)14-18-15(21-19-14)11-7-10(20)4-5-12(11)16/h2-7,20H,1H3. The van der Waals surface area contributed by atoms with Gasteiger partial charge in [0.15, 0.2) is 0 Å². The summed E-state index contributed by atoms with van der Waals surface area (Å²) in [6.07, 6.45) is 0. The monoisotopic (exact) mass is 304 g/mol. The summed E-state index contributed by atoms with van der Waals surface area (Å²) in [5, 5.41) is 13.7. The highest BCUT2D eigenvalue weighted by Crippen LogP contribution is 2.31. The molecule has 0 amide bonds. The van der Waals surface area contributed by atoms with Gasteiger partial charge in [0.2, 0.25) is 5.82 Å². The van der Waals surface area contributed by atoms with Crippen LogP contribution >= 0.6 is 11.6 Å². The van der Waals surface area contributed by atoms with Gasteiger partial charge in [0.1, 0.15) is 11.6 Å². The number of aromatic nitrogens is 2. The number of phenolic OH excluding ortho intramolecular Hbond substituents is 1. The van der Waals surface area contributed by atoms with Crippen LogP contribution < -0.4 is 0 Å². The lowest BCUT2D eigenvalue weighted by Gasteiger charge is -1.99. The third kappa shape index (κ3) is 2.60. The van der Waals surface area contributed by atoms with E-state index in [4.69, 9.17) is 16.1 Å². The molecule has 4 nitrogen and oxygen atoms in total. The van der Waals surface area contributed by atoms with Crippen LogP contribution in [-0.2, 0) is 0 Å². The fourth-order valence-electron chi connectivity index (χ4n) is 1.86. The molecule has 0 aliphatic heterocycles. The average Bonchev–Trinajstić information content (AvgIpc) is 2.94. The molecule has 3 rings (SSSR count). The summed E-state index contributed by atoms with van der Waals surface area (Å²) in [5.74, 6) is 0.111. The predicted molar refractivity (Wildman–Crippen MR) is 76.5 cm³/mol. The van der Waals surface area contributed by atoms with Crippen molar-refractivity contribution in [1.82, 2.24) is 10.1 Å². The Labute approximate surface area is 124 Å². The first-order valence-corrected chi connectivity index (χ1v) is 6.51. The van der Waals surface area contributed by atoms with Crippen LogP contribution in [0.3, 0.4) is 0 Å². The number of hydrogen-bond acceptors (Lipinski definition) is 4. The second-order valence-corrected chi connectivity index (χ2v) is 4.96. The number of rotatable bonds is 2. The molecule has 3 aromatic rings. The summed E-state index contributed by atoms with van der Waals surface area (Å²) in [5.41, 5.74) is 1.46. The van der Waals surface area contributed by atoms with Crippen molar-refractivity contribution >= 4 is 11.6 Å². The van der Waals surface area contributed by atoms with Gasteiger partial charge in [0.25, 0.3) is 5.89 Å². The van der Waals surface area contributed by atoms with Crippen LogP contribution in [0.25, 0.3) is 22.8 Å². The second-order valence-electron chi connectivity index (χ2n) is 4.55. The first kappa shape index (κ1) is 13.6. The summed E-state index contributed by atoms with van der Waals surface area (Å²) in [6.45, 7) is 1.67. The number of nitrogens with zero attached hydrogens (tertiary/aromatic N) is 2. The van der Waals surface area contributed by atoms with Gasteiger partial charge < -0.3 is 9.63 Å². The molecule has 0 radical (unpaired) electrons. The van der Waals surface area contributed by atoms with E-state index in [2.05, 4.69) is 10.1 Å². The number of benzene rings is 2. The Morgan fingerprint density at radius 2 is 2.00 bits per heavy atom. The molecule has 106 valence electrons. The number of aromatic hydroxyl groups is 1. The number of aryl methyl sites for hydroxylation is 1. The number of halogens is 2. The van der Waals surface area contributed by atoms with Crippen molar-refractivity contribution in [2.75, 3.05) is 0 Å². The Bertz CT molecular complexity index is 817. The molecular formula is C15H10ClFN2O2. The minimum absolute atomic E-state index is 0.0375. The van der Waals surface area contributed by atoms with Crippen LogP contribution in [0.15, 0.2) is 40.9 Å². The minimum atomic E-state index is -0.339. The van der Waals surface area contributed by atoms with Crippen LogP contribution in [-0.4, -0.2) is 15.2 Å². The summed E-state index contributed by atoms with van der Waals surface area (Å²) >= 11 is 6.03. The van der Waals surface area contributed by atoms with Gasteiger partial charge in [-0.15, -0.1) is 0 Å². The molecule has 0 fully saturated rings. The molecule has 21 heavy (non-hydrogen) atoms. The summed E-state index contributed by atoms with van der Waals surface area (Å²) in [7, 11) is 0. The van der Waals surface area contributed by atoms with Crippen LogP contribution in [0, 0.1) is 12.7 Å². The third-order valence-corrected chi connectivity index (χ3v) is 3.37. The van der Waals surface area contributed by atoms with Crippen LogP contribution in [0.2, 0.25) is 5.02 Å². The van der Waals surface area contributed by atoms with Crippen molar-refractivity contribution in [3.8, 4) is 28.6 Å². The molecule has 0 saturated carbocycles. The first-order valence-electron chi connectivity index (χ1n) is 6.14. The maximum absolute atomic E-state index is 13.6. The Kier molecular flexibility index (Phi) is 3.35. The molecule has 0 unspecified atom stereocenters. The predicted octanol–water partition coefficient (Wildman–Crippen LogP) is 4.21. The van der Waals surface area contributed by atoms with E-state index in [9.17, 15) is 9.50 Å². The molecule has 0 bridgehead atoms. The van der Waals surface area contributed by atoms with Gasteiger partial charge in [-0.1, -0.05) is 28.9 Å². The normalized spacial score (nSPS) is 10.8. The molecular weight excluding hydrogens is 295 g/mol. The lowest BCUT2D eigenvalue weighted by molar-refractivity contribution is 0.431. The molecule has 6 heteroatoms.